The molecule has 0 atom stereocenters. The summed E-state index contributed by atoms with van der Waals surface area (Å²) in [5.74, 6) is 0. The molecule has 0 radical (unpaired) electrons. The molecule has 138 valence electrons. The zero-order valence-electron chi connectivity index (χ0n) is 16.2. The first kappa shape index (κ1) is 17.7. The number of benzene rings is 2. The highest BCUT2D eigenvalue weighted by atomic mass is 32.2. The van der Waals surface area contributed by atoms with E-state index in [1.807, 2.05) is 0 Å². The minimum absolute atomic E-state index is 0.883. The number of anilines is 1. The largest absolute Gasteiger partial charge is 0.378 e. The molecule has 2 heterocycles. The van der Waals surface area contributed by atoms with Gasteiger partial charge in [-0.3, -0.25) is 0 Å². The standard InChI is InChI=1S/C22H24N4S/c1-24(2)17-9-11-26(12-10-17)15-16-5-7-19-21(13-16)27-22-14-18(25(3)4)6-8-20(22)23-19/h5-11,13-15H,12H2,1-4H3. The lowest BCUT2D eigenvalue weighted by molar-refractivity contribution is 0.504. The third-order valence-corrected chi connectivity index (χ3v) is 5.78. The second kappa shape index (κ2) is 7.16. The molecule has 0 unspecified atom stereocenters. The second-order valence-corrected chi connectivity index (χ2v) is 8.24. The van der Waals surface area contributed by atoms with Crippen LogP contribution in [0.2, 0.25) is 0 Å². The van der Waals surface area contributed by atoms with Crippen LogP contribution in [0.25, 0.3) is 6.20 Å². The summed E-state index contributed by atoms with van der Waals surface area (Å²) >= 11 is 1.80. The molecule has 0 spiro atoms. The summed E-state index contributed by atoms with van der Waals surface area (Å²) in [4.78, 5) is 13.7. The predicted molar refractivity (Wildman–Crippen MR) is 114 cm³/mol. The molecule has 2 aromatic carbocycles. The maximum atomic E-state index is 4.83. The van der Waals surface area contributed by atoms with Crippen molar-refractivity contribution >= 4 is 29.3 Å². The average Bonchev–Trinajstić information content (AvgIpc) is 2.66. The lowest BCUT2D eigenvalue weighted by atomic mass is 10.2. The first-order valence-electron chi connectivity index (χ1n) is 9.01. The Morgan fingerprint density at radius 1 is 1.00 bits per heavy atom. The van der Waals surface area contributed by atoms with E-state index < -0.39 is 0 Å². The van der Waals surface area contributed by atoms with Crippen LogP contribution in [-0.4, -0.2) is 44.5 Å². The molecular formula is C22H24N4S. The van der Waals surface area contributed by atoms with Gasteiger partial charge in [-0.1, -0.05) is 17.8 Å². The third-order valence-electron chi connectivity index (χ3n) is 4.68. The van der Waals surface area contributed by atoms with E-state index >= 15 is 0 Å². The van der Waals surface area contributed by atoms with Crippen molar-refractivity contribution in [1.82, 2.24) is 9.80 Å². The summed E-state index contributed by atoms with van der Waals surface area (Å²) in [6, 6.07) is 12.9. The van der Waals surface area contributed by atoms with Gasteiger partial charge >= 0.3 is 0 Å². The molecule has 2 aliphatic heterocycles. The third kappa shape index (κ3) is 3.74. The first-order chi connectivity index (χ1) is 13.0. The number of likely N-dealkylation sites (N-methyl/N-ethyl adjacent to an activating group) is 1. The van der Waals surface area contributed by atoms with Crippen molar-refractivity contribution in [2.24, 2.45) is 4.99 Å². The van der Waals surface area contributed by atoms with Crippen LogP contribution in [0.3, 0.4) is 0 Å². The zero-order chi connectivity index (χ0) is 19.0. The van der Waals surface area contributed by atoms with Gasteiger partial charge in [-0.2, -0.15) is 0 Å². The SMILES string of the molecule is CN(C)C1=CCN(C=c2ccc3c(c2)Sc2cc(N(C)C)ccc2N=3)C=C1. The molecule has 5 heteroatoms. The molecular weight excluding hydrogens is 352 g/mol. The number of nitrogens with zero attached hydrogens (tertiary/aromatic N) is 4. The van der Waals surface area contributed by atoms with Crippen molar-refractivity contribution in [2.75, 3.05) is 39.6 Å². The van der Waals surface area contributed by atoms with E-state index in [4.69, 9.17) is 4.99 Å². The smallest absolute Gasteiger partial charge is 0.0778 e. The summed E-state index contributed by atoms with van der Waals surface area (Å²) in [5, 5.41) is 2.24. The molecule has 0 amide bonds. The molecule has 0 saturated heterocycles. The maximum Gasteiger partial charge on any atom is 0.0778 e. The average molecular weight is 377 g/mol. The van der Waals surface area contributed by atoms with E-state index in [0.29, 0.717) is 0 Å². The molecule has 0 fully saturated rings. The van der Waals surface area contributed by atoms with Crippen LogP contribution in [0.15, 0.2) is 75.2 Å². The Balaban J connectivity index is 1.63. The van der Waals surface area contributed by atoms with Gasteiger partial charge in [0, 0.05) is 68.3 Å². The van der Waals surface area contributed by atoms with Crippen molar-refractivity contribution in [3.8, 4) is 0 Å². The van der Waals surface area contributed by atoms with Crippen LogP contribution >= 0.6 is 11.8 Å². The van der Waals surface area contributed by atoms with E-state index in [0.717, 1.165) is 17.6 Å². The quantitative estimate of drug-likeness (QED) is 0.700. The number of hydrogen-bond acceptors (Lipinski definition) is 5. The Labute approximate surface area is 164 Å². The molecule has 2 aromatic rings. The number of fused-ring (bicyclic) bond motifs is 2. The number of hydrogen-bond donors (Lipinski definition) is 0. The van der Waals surface area contributed by atoms with E-state index in [1.165, 1.54) is 26.4 Å². The Morgan fingerprint density at radius 2 is 1.85 bits per heavy atom. The summed E-state index contributed by atoms with van der Waals surface area (Å²) in [7, 11) is 8.27. The monoisotopic (exact) mass is 376 g/mol. The molecule has 0 aromatic heterocycles. The van der Waals surface area contributed by atoms with Gasteiger partial charge in [0.05, 0.1) is 11.0 Å². The Hall–Kier alpha value is -2.66. The van der Waals surface area contributed by atoms with E-state index in [2.05, 4.69) is 104 Å². The van der Waals surface area contributed by atoms with E-state index in [1.54, 1.807) is 11.8 Å². The Kier molecular flexibility index (Phi) is 4.70. The summed E-state index contributed by atoms with van der Waals surface area (Å²) in [6.07, 6.45) is 8.69. The summed E-state index contributed by atoms with van der Waals surface area (Å²) in [5.41, 5.74) is 3.49. The van der Waals surface area contributed by atoms with Gasteiger partial charge in [0.1, 0.15) is 0 Å². The summed E-state index contributed by atoms with van der Waals surface area (Å²) in [6.45, 7) is 0.883. The molecule has 4 nitrogen and oxygen atoms in total. The maximum absolute atomic E-state index is 4.83. The normalized spacial score (nSPS) is 15.6. The Bertz CT molecular complexity index is 1050. The molecule has 0 bridgehead atoms. The van der Waals surface area contributed by atoms with Gasteiger partial charge in [0.15, 0.2) is 0 Å². The fourth-order valence-electron chi connectivity index (χ4n) is 3.11. The van der Waals surface area contributed by atoms with E-state index in [-0.39, 0.29) is 0 Å². The van der Waals surface area contributed by atoms with Crippen LogP contribution in [0.4, 0.5) is 11.4 Å². The van der Waals surface area contributed by atoms with Crippen LogP contribution in [0.1, 0.15) is 0 Å². The van der Waals surface area contributed by atoms with Crippen LogP contribution in [0.5, 0.6) is 0 Å². The minimum atomic E-state index is 0.883. The highest BCUT2D eigenvalue weighted by Crippen LogP contribution is 2.38. The van der Waals surface area contributed by atoms with Crippen LogP contribution in [0, 0.1) is 0 Å². The fourth-order valence-corrected chi connectivity index (χ4v) is 4.16. The number of allylic oxidation sites excluding steroid dienone is 1. The van der Waals surface area contributed by atoms with Crippen LogP contribution in [-0.2, 0) is 0 Å². The van der Waals surface area contributed by atoms with Crippen molar-refractivity contribution in [1.29, 1.82) is 0 Å². The van der Waals surface area contributed by atoms with Gasteiger partial charge < -0.3 is 14.7 Å². The lowest BCUT2D eigenvalue weighted by Crippen LogP contribution is -2.22. The van der Waals surface area contributed by atoms with Gasteiger partial charge in [0.2, 0.25) is 0 Å². The molecule has 27 heavy (non-hydrogen) atoms. The van der Waals surface area contributed by atoms with Gasteiger partial charge in [-0.05, 0) is 47.7 Å². The van der Waals surface area contributed by atoms with Gasteiger partial charge in [-0.15, -0.1) is 0 Å². The molecule has 4 rings (SSSR count). The molecule has 2 aliphatic rings. The van der Waals surface area contributed by atoms with Crippen molar-refractivity contribution in [3.63, 3.8) is 0 Å². The van der Waals surface area contributed by atoms with Crippen LogP contribution < -0.4 is 15.5 Å². The van der Waals surface area contributed by atoms with Crippen molar-refractivity contribution in [3.05, 3.63) is 71.0 Å². The van der Waals surface area contributed by atoms with Gasteiger partial charge in [-0.25, -0.2) is 4.99 Å². The van der Waals surface area contributed by atoms with Gasteiger partial charge in [0.25, 0.3) is 0 Å². The number of rotatable bonds is 3. The fraction of sp³-hybridized carbons (Fsp3) is 0.227. The zero-order valence-corrected chi connectivity index (χ0v) is 17.0. The molecule has 0 N–H and O–H groups in total. The highest BCUT2D eigenvalue weighted by Gasteiger charge is 2.13. The first-order valence-corrected chi connectivity index (χ1v) is 9.82. The summed E-state index contributed by atoms with van der Waals surface area (Å²) < 4.78 is 0. The predicted octanol–water partition coefficient (Wildman–Crippen LogP) is 3.18. The lowest BCUT2D eigenvalue weighted by Gasteiger charge is -2.22. The van der Waals surface area contributed by atoms with Crippen molar-refractivity contribution in [2.45, 2.75) is 9.79 Å². The second-order valence-electron chi connectivity index (χ2n) is 7.15. The highest BCUT2D eigenvalue weighted by molar-refractivity contribution is 7.99. The minimum Gasteiger partial charge on any atom is -0.378 e. The molecule has 0 aliphatic carbocycles. The molecule has 0 saturated carbocycles. The van der Waals surface area contributed by atoms with E-state index in [9.17, 15) is 0 Å². The topological polar surface area (TPSA) is 22.1 Å². The van der Waals surface area contributed by atoms with Crippen molar-refractivity contribution < 1.29 is 0 Å². The Morgan fingerprint density at radius 3 is 2.56 bits per heavy atom.